The van der Waals surface area contributed by atoms with Crippen LogP contribution < -0.4 is 11.5 Å². The Morgan fingerprint density at radius 1 is 0.889 bits per heavy atom. The van der Waals surface area contributed by atoms with Crippen molar-refractivity contribution in [3.05, 3.63) is 20.2 Å². The molecule has 0 aliphatic heterocycles. The van der Waals surface area contributed by atoms with Gasteiger partial charge < -0.3 is 11.5 Å². The zero-order valence-corrected chi connectivity index (χ0v) is 9.48. The number of carbonyl (C=O) groups excluding carboxylic acids is 2. The second kappa shape index (κ2) is 7.14. The van der Waals surface area contributed by atoms with Crippen molar-refractivity contribution in [2.75, 3.05) is 13.1 Å². The summed E-state index contributed by atoms with van der Waals surface area (Å²) in [6.07, 6.45) is -0.171. The Morgan fingerprint density at radius 3 is 1.33 bits per heavy atom. The molecule has 0 aliphatic rings. The fraction of sp³-hybridized carbons (Fsp3) is 0.750. The lowest BCUT2D eigenvalue weighted by Crippen LogP contribution is -2.33. The van der Waals surface area contributed by atoms with Crippen LogP contribution in [-0.2, 0) is 9.59 Å². The van der Waals surface area contributed by atoms with Gasteiger partial charge in [0.05, 0.1) is 0 Å². The van der Waals surface area contributed by atoms with Crippen molar-refractivity contribution < 1.29 is 19.4 Å². The molecule has 2 amide bonds. The standard InChI is InChI=1S/C8H14N4O6/c9-7(13)5(3-11(15)16)1-2-6(8(10)14)4-12(17)18/h5-6H,1-4H2,(H2,9,13)(H2,10,14). The van der Waals surface area contributed by atoms with E-state index in [1.807, 2.05) is 0 Å². The topological polar surface area (TPSA) is 172 Å². The van der Waals surface area contributed by atoms with Gasteiger partial charge in [-0.25, -0.2) is 0 Å². The van der Waals surface area contributed by atoms with Gasteiger partial charge in [0.1, 0.15) is 11.8 Å². The third kappa shape index (κ3) is 6.35. The first-order chi connectivity index (χ1) is 8.23. The Balaban J connectivity index is 4.45. The van der Waals surface area contributed by atoms with Gasteiger partial charge in [-0.3, -0.25) is 29.8 Å². The summed E-state index contributed by atoms with van der Waals surface area (Å²) in [7, 11) is 0. The first-order valence-electron chi connectivity index (χ1n) is 5.06. The largest absolute Gasteiger partial charge is 0.369 e. The van der Waals surface area contributed by atoms with Gasteiger partial charge in [0.15, 0.2) is 0 Å². The molecule has 0 aromatic carbocycles. The van der Waals surface area contributed by atoms with Crippen LogP contribution in [0.4, 0.5) is 0 Å². The molecule has 0 aliphatic carbocycles. The zero-order valence-electron chi connectivity index (χ0n) is 9.48. The summed E-state index contributed by atoms with van der Waals surface area (Å²) in [6.45, 7) is -1.33. The Morgan fingerprint density at radius 2 is 1.17 bits per heavy atom. The molecule has 2 unspecified atom stereocenters. The molecule has 0 spiro atoms. The Bertz CT molecular complexity index is 323. The van der Waals surface area contributed by atoms with Gasteiger partial charge in [0, 0.05) is 9.85 Å². The van der Waals surface area contributed by atoms with Gasteiger partial charge in [-0.1, -0.05) is 0 Å². The molecule has 0 aromatic rings. The highest BCUT2D eigenvalue weighted by molar-refractivity contribution is 5.78. The maximum atomic E-state index is 10.9. The lowest BCUT2D eigenvalue weighted by atomic mass is 9.95. The third-order valence-electron chi connectivity index (χ3n) is 2.41. The average molecular weight is 262 g/mol. The van der Waals surface area contributed by atoms with E-state index in [1.54, 1.807) is 0 Å². The molecule has 2 atom stereocenters. The monoisotopic (exact) mass is 262 g/mol. The average Bonchev–Trinajstić information content (AvgIpc) is 2.20. The maximum Gasteiger partial charge on any atom is 0.227 e. The van der Waals surface area contributed by atoms with E-state index in [2.05, 4.69) is 0 Å². The number of primary amides is 2. The van der Waals surface area contributed by atoms with Gasteiger partial charge in [0.2, 0.25) is 24.9 Å². The van der Waals surface area contributed by atoms with E-state index in [0.717, 1.165) is 0 Å². The van der Waals surface area contributed by atoms with Crippen LogP contribution in [0.5, 0.6) is 0 Å². The van der Waals surface area contributed by atoms with Crippen molar-refractivity contribution >= 4 is 11.8 Å². The van der Waals surface area contributed by atoms with Crippen molar-refractivity contribution in [2.24, 2.45) is 23.3 Å². The normalized spacial score (nSPS) is 13.6. The van der Waals surface area contributed by atoms with Gasteiger partial charge in [-0.15, -0.1) is 0 Å². The molecule has 10 heteroatoms. The highest BCUT2D eigenvalue weighted by Gasteiger charge is 2.27. The van der Waals surface area contributed by atoms with E-state index in [1.165, 1.54) is 0 Å². The quantitative estimate of drug-likeness (QED) is 0.378. The number of nitrogens with zero attached hydrogens (tertiary/aromatic N) is 2. The van der Waals surface area contributed by atoms with Crippen molar-refractivity contribution in [1.29, 1.82) is 0 Å². The smallest absolute Gasteiger partial charge is 0.227 e. The van der Waals surface area contributed by atoms with Gasteiger partial charge >= 0.3 is 0 Å². The third-order valence-corrected chi connectivity index (χ3v) is 2.41. The van der Waals surface area contributed by atoms with E-state index < -0.39 is 46.6 Å². The summed E-state index contributed by atoms with van der Waals surface area (Å²) in [4.78, 5) is 40.9. The Hall–Kier alpha value is -2.26. The Kier molecular flexibility index (Phi) is 6.24. The molecule has 0 saturated heterocycles. The second-order valence-corrected chi connectivity index (χ2v) is 3.81. The van der Waals surface area contributed by atoms with Crippen LogP contribution in [-0.4, -0.2) is 34.8 Å². The lowest BCUT2D eigenvalue weighted by Gasteiger charge is -2.12. The number of amides is 2. The van der Waals surface area contributed by atoms with E-state index in [0.29, 0.717) is 0 Å². The van der Waals surface area contributed by atoms with Crippen molar-refractivity contribution in [3.8, 4) is 0 Å². The van der Waals surface area contributed by atoms with Crippen LogP contribution in [0.1, 0.15) is 12.8 Å². The van der Waals surface area contributed by atoms with E-state index in [4.69, 9.17) is 11.5 Å². The molecule has 0 bridgehead atoms. The summed E-state index contributed by atoms with van der Waals surface area (Å²) in [6, 6.07) is 0. The molecular weight excluding hydrogens is 248 g/mol. The SMILES string of the molecule is NC(=O)C(CCC(C[N+](=O)[O-])C(N)=O)C[N+](=O)[O-]. The van der Waals surface area contributed by atoms with Crippen LogP contribution >= 0.6 is 0 Å². The zero-order chi connectivity index (χ0) is 14.3. The van der Waals surface area contributed by atoms with Crippen molar-refractivity contribution in [2.45, 2.75) is 12.8 Å². The molecule has 102 valence electrons. The Labute approximate surface area is 102 Å². The van der Waals surface area contributed by atoms with Crippen LogP contribution in [0.2, 0.25) is 0 Å². The molecule has 0 rings (SSSR count). The molecule has 0 aromatic heterocycles. The minimum Gasteiger partial charge on any atom is -0.369 e. The summed E-state index contributed by atoms with van der Waals surface area (Å²) in [5.74, 6) is -3.88. The summed E-state index contributed by atoms with van der Waals surface area (Å²) < 4.78 is 0. The number of hydrogen-bond donors (Lipinski definition) is 2. The molecule has 0 saturated carbocycles. The minimum atomic E-state index is -1.06. The predicted octanol–water partition coefficient (Wildman–Crippen LogP) is -1.48. The molecule has 0 heterocycles. The van der Waals surface area contributed by atoms with Crippen LogP contribution in [0, 0.1) is 32.1 Å². The van der Waals surface area contributed by atoms with Crippen LogP contribution in [0.25, 0.3) is 0 Å². The molecule has 4 N–H and O–H groups in total. The van der Waals surface area contributed by atoms with Crippen molar-refractivity contribution in [1.82, 2.24) is 0 Å². The summed E-state index contributed by atoms with van der Waals surface area (Å²) in [5, 5.41) is 20.5. The highest BCUT2D eigenvalue weighted by Crippen LogP contribution is 2.13. The predicted molar refractivity (Wildman–Crippen MR) is 58.3 cm³/mol. The number of hydrogen-bond acceptors (Lipinski definition) is 6. The number of nitrogens with two attached hydrogens (primary N) is 2. The number of carbonyl (C=O) groups is 2. The summed E-state index contributed by atoms with van der Waals surface area (Å²) >= 11 is 0. The van der Waals surface area contributed by atoms with E-state index in [-0.39, 0.29) is 12.8 Å². The van der Waals surface area contributed by atoms with Gasteiger partial charge in [-0.2, -0.15) is 0 Å². The molecule has 10 nitrogen and oxygen atoms in total. The lowest BCUT2D eigenvalue weighted by molar-refractivity contribution is -0.488. The van der Waals surface area contributed by atoms with Gasteiger partial charge in [0.25, 0.3) is 0 Å². The number of rotatable bonds is 9. The molecule has 0 fully saturated rings. The summed E-state index contributed by atoms with van der Waals surface area (Å²) in [5.41, 5.74) is 9.91. The minimum absolute atomic E-state index is 0.0856. The van der Waals surface area contributed by atoms with Gasteiger partial charge in [-0.05, 0) is 12.8 Å². The van der Waals surface area contributed by atoms with E-state index in [9.17, 15) is 29.8 Å². The van der Waals surface area contributed by atoms with E-state index >= 15 is 0 Å². The van der Waals surface area contributed by atoms with Crippen LogP contribution in [0.15, 0.2) is 0 Å². The molecule has 0 radical (unpaired) electrons. The fourth-order valence-electron chi connectivity index (χ4n) is 1.41. The first-order valence-corrected chi connectivity index (χ1v) is 5.06. The molecular formula is C8H14N4O6. The highest BCUT2D eigenvalue weighted by atomic mass is 16.6. The maximum absolute atomic E-state index is 10.9. The van der Waals surface area contributed by atoms with Crippen molar-refractivity contribution in [3.63, 3.8) is 0 Å². The fourth-order valence-corrected chi connectivity index (χ4v) is 1.41. The second-order valence-electron chi connectivity index (χ2n) is 3.81. The first kappa shape index (κ1) is 15.7. The number of nitro groups is 2. The molecule has 18 heavy (non-hydrogen) atoms. The van der Waals surface area contributed by atoms with Crippen LogP contribution in [0.3, 0.4) is 0 Å².